The number of rotatable bonds is 7. The fourth-order valence-electron chi connectivity index (χ4n) is 3.68. The maximum atomic E-state index is 13.6. The summed E-state index contributed by atoms with van der Waals surface area (Å²) in [7, 11) is 1.60. The zero-order valence-corrected chi connectivity index (χ0v) is 15.5. The number of likely N-dealkylation sites (tertiary alicyclic amines) is 1. The van der Waals surface area contributed by atoms with Gasteiger partial charge >= 0.3 is 5.97 Å². The zero-order chi connectivity index (χ0) is 19.4. The van der Waals surface area contributed by atoms with Crippen molar-refractivity contribution < 1.29 is 23.8 Å². The summed E-state index contributed by atoms with van der Waals surface area (Å²) in [5.74, 6) is -0.641. The standard InChI is InChI=1S/C21H24FNO4/c1-3-27-19-8-7-14(9-20(19)26-2)11-23-12-17(18(13-23)21(24)25)15-5-4-6-16(22)10-15/h4-10,17-18H,3,11-13H2,1-2H3,(H,24,25)/t17-,18+/m1/s1. The van der Waals surface area contributed by atoms with E-state index in [4.69, 9.17) is 9.47 Å². The highest BCUT2D eigenvalue weighted by atomic mass is 19.1. The number of carboxylic acids is 1. The molecule has 0 bridgehead atoms. The average molecular weight is 373 g/mol. The molecule has 144 valence electrons. The average Bonchev–Trinajstić information content (AvgIpc) is 3.07. The Morgan fingerprint density at radius 3 is 2.70 bits per heavy atom. The third kappa shape index (κ3) is 4.39. The molecule has 2 atom stereocenters. The Bertz CT molecular complexity index is 811. The molecule has 0 aliphatic carbocycles. The SMILES string of the molecule is CCOc1ccc(CN2C[C@H](C(=O)O)[C@@H](c3cccc(F)c3)C2)cc1OC. The zero-order valence-electron chi connectivity index (χ0n) is 15.5. The van der Waals surface area contributed by atoms with Crippen LogP contribution in [0.3, 0.4) is 0 Å². The van der Waals surface area contributed by atoms with Crippen molar-refractivity contribution >= 4 is 5.97 Å². The lowest BCUT2D eigenvalue weighted by Gasteiger charge is -2.17. The third-order valence-electron chi connectivity index (χ3n) is 4.92. The number of halogens is 1. The number of hydrogen-bond acceptors (Lipinski definition) is 4. The maximum absolute atomic E-state index is 13.6. The molecule has 1 saturated heterocycles. The van der Waals surface area contributed by atoms with Crippen LogP contribution >= 0.6 is 0 Å². The van der Waals surface area contributed by atoms with E-state index in [1.165, 1.54) is 12.1 Å². The van der Waals surface area contributed by atoms with Crippen LogP contribution in [-0.2, 0) is 11.3 Å². The van der Waals surface area contributed by atoms with Crippen LogP contribution in [-0.4, -0.2) is 42.8 Å². The van der Waals surface area contributed by atoms with E-state index in [0.717, 1.165) is 11.1 Å². The van der Waals surface area contributed by atoms with Crippen LogP contribution < -0.4 is 9.47 Å². The van der Waals surface area contributed by atoms with E-state index in [2.05, 4.69) is 4.90 Å². The lowest BCUT2D eigenvalue weighted by atomic mass is 9.89. The molecule has 5 nitrogen and oxygen atoms in total. The number of ether oxygens (including phenoxy) is 2. The van der Waals surface area contributed by atoms with E-state index in [9.17, 15) is 14.3 Å². The van der Waals surface area contributed by atoms with Gasteiger partial charge in [0.15, 0.2) is 11.5 Å². The van der Waals surface area contributed by atoms with Crippen LogP contribution in [0.15, 0.2) is 42.5 Å². The summed E-state index contributed by atoms with van der Waals surface area (Å²) in [6, 6.07) is 12.0. The Balaban J connectivity index is 1.77. The minimum absolute atomic E-state index is 0.234. The summed E-state index contributed by atoms with van der Waals surface area (Å²) in [5.41, 5.74) is 1.74. The van der Waals surface area contributed by atoms with Gasteiger partial charge in [0.25, 0.3) is 0 Å². The molecule has 0 unspecified atom stereocenters. The highest BCUT2D eigenvalue weighted by Gasteiger charge is 2.38. The molecule has 6 heteroatoms. The summed E-state index contributed by atoms with van der Waals surface area (Å²) in [6.45, 7) is 4.05. The number of hydrogen-bond donors (Lipinski definition) is 1. The molecule has 1 heterocycles. The second-order valence-corrected chi connectivity index (χ2v) is 6.72. The normalized spacial score (nSPS) is 19.8. The quantitative estimate of drug-likeness (QED) is 0.805. The fourth-order valence-corrected chi connectivity index (χ4v) is 3.68. The van der Waals surface area contributed by atoms with Crippen LogP contribution in [0.25, 0.3) is 0 Å². The molecule has 2 aromatic rings. The van der Waals surface area contributed by atoms with Crippen molar-refractivity contribution in [2.24, 2.45) is 5.92 Å². The molecule has 3 rings (SSSR count). The first-order valence-corrected chi connectivity index (χ1v) is 9.02. The van der Waals surface area contributed by atoms with Crippen molar-refractivity contribution in [3.8, 4) is 11.5 Å². The molecule has 27 heavy (non-hydrogen) atoms. The van der Waals surface area contributed by atoms with Gasteiger partial charge in [0.2, 0.25) is 0 Å². The number of benzene rings is 2. The third-order valence-corrected chi connectivity index (χ3v) is 4.92. The smallest absolute Gasteiger partial charge is 0.308 e. The van der Waals surface area contributed by atoms with Crippen LogP contribution in [0.1, 0.15) is 24.0 Å². The second-order valence-electron chi connectivity index (χ2n) is 6.72. The van der Waals surface area contributed by atoms with E-state index >= 15 is 0 Å². The van der Waals surface area contributed by atoms with Crippen molar-refractivity contribution in [3.05, 3.63) is 59.4 Å². The highest BCUT2D eigenvalue weighted by Crippen LogP contribution is 2.35. The van der Waals surface area contributed by atoms with E-state index < -0.39 is 11.9 Å². The molecular weight excluding hydrogens is 349 g/mol. The summed E-state index contributed by atoms with van der Waals surface area (Å²) in [5, 5.41) is 9.62. The minimum atomic E-state index is -0.851. The molecule has 0 spiro atoms. The Morgan fingerprint density at radius 2 is 2.04 bits per heavy atom. The van der Waals surface area contributed by atoms with E-state index in [1.54, 1.807) is 19.2 Å². The highest BCUT2D eigenvalue weighted by molar-refractivity contribution is 5.72. The van der Waals surface area contributed by atoms with Gasteiger partial charge < -0.3 is 14.6 Å². The van der Waals surface area contributed by atoms with Crippen molar-refractivity contribution in [1.29, 1.82) is 0 Å². The first-order chi connectivity index (χ1) is 13.0. The van der Waals surface area contributed by atoms with Crippen LogP contribution in [0.4, 0.5) is 4.39 Å². The first kappa shape index (κ1) is 19.2. The van der Waals surface area contributed by atoms with Crippen LogP contribution in [0, 0.1) is 11.7 Å². The van der Waals surface area contributed by atoms with Crippen LogP contribution in [0.5, 0.6) is 11.5 Å². The molecule has 1 aliphatic rings. The number of methoxy groups -OCH3 is 1. The summed E-state index contributed by atoms with van der Waals surface area (Å²) < 4.78 is 24.5. The van der Waals surface area contributed by atoms with Crippen molar-refractivity contribution in [3.63, 3.8) is 0 Å². The molecule has 1 fully saturated rings. The molecular formula is C21H24FNO4. The Labute approximate surface area is 158 Å². The van der Waals surface area contributed by atoms with Crippen LogP contribution in [0.2, 0.25) is 0 Å². The maximum Gasteiger partial charge on any atom is 0.308 e. The largest absolute Gasteiger partial charge is 0.493 e. The monoisotopic (exact) mass is 373 g/mol. The van der Waals surface area contributed by atoms with Gasteiger partial charge in [-0.1, -0.05) is 18.2 Å². The van der Waals surface area contributed by atoms with E-state index in [0.29, 0.717) is 37.7 Å². The number of nitrogens with zero attached hydrogens (tertiary/aromatic N) is 1. The first-order valence-electron chi connectivity index (χ1n) is 9.02. The predicted octanol–water partition coefficient (Wildman–Crippen LogP) is 3.53. The van der Waals surface area contributed by atoms with Gasteiger partial charge in [-0.25, -0.2) is 4.39 Å². The van der Waals surface area contributed by atoms with Crippen molar-refractivity contribution in [1.82, 2.24) is 4.90 Å². The fraction of sp³-hybridized carbons (Fsp3) is 0.381. The summed E-state index contributed by atoms with van der Waals surface area (Å²) in [6.07, 6.45) is 0. The molecule has 0 saturated carbocycles. The van der Waals surface area contributed by atoms with Gasteiger partial charge in [0.05, 0.1) is 19.6 Å². The molecule has 2 aromatic carbocycles. The topological polar surface area (TPSA) is 59.0 Å². The summed E-state index contributed by atoms with van der Waals surface area (Å²) in [4.78, 5) is 13.8. The van der Waals surface area contributed by atoms with Gasteiger partial charge in [0.1, 0.15) is 5.82 Å². The van der Waals surface area contributed by atoms with Crippen molar-refractivity contribution in [2.45, 2.75) is 19.4 Å². The Kier molecular flexibility index (Phi) is 5.96. The van der Waals surface area contributed by atoms with Crippen molar-refractivity contribution in [2.75, 3.05) is 26.8 Å². The van der Waals surface area contributed by atoms with Gasteiger partial charge in [-0.15, -0.1) is 0 Å². The number of carbonyl (C=O) groups is 1. The lowest BCUT2D eigenvalue weighted by molar-refractivity contribution is -0.141. The molecule has 0 amide bonds. The van der Waals surface area contributed by atoms with E-state index in [1.807, 2.05) is 25.1 Å². The Morgan fingerprint density at radius 1 is 1.22 bits per heavy atom. The van der Waals surface area contributed by atoms with Gasteiger partial charge in [-0.3, -0.25) is 9.69 Å². The van der Waals surface area contributed by atoms with E-state index in [-0.39, 0.29) is 11.7 Å². The molecule has 1 aliphatic heterocycles. The lowest BCUT2D eigenvalue weighted by Crippen LogP contribution is -2.23. The minimum Gasteiger partial charge on any atom is -0.493 e. The summed E-state index contributed by atoms with van der Waals surface area (Å²) >= 11 is 0. The Hall–Kier alpha value is -2.60. The molecule has 0 radical (unpaired) electrons. The van der Waals surface area contributed by atoms with Gasteiger partial charge in [0, 0.05) is 25.6 Å². The number of carboxylic acid groups (broad SMARTS) is 1. The predicted molar refractivity (Wildman–Crippen MR) is 99.7 cm³/mol. The van der Waals surface area contributed by atoms with Gasteiger partial charge in [-0.05, 0) is 42.3 Å². The molecule has 1 N–H and O–H groups in total. The van der Waals surface area contributed by atoms with Gasteiger partial charge in [-0.2, -0.15) is 0 Å². The number of aliphatic carboxylic acids is 1. The second kappa shape index (κ2) is 8.39. The molecule has 0 aromatic heterocycles.